The third-order valence-electron chi connectivity index (χ3n) is 3.89. The first-order valence-corrected chi connectivity index (χ1v) is 8.07. The molecule has 1 aromatic carbocycles. The van der Waals surface area contributed by atoms with Gasteiger partial charge in [-0.3, -0.25) is 9.80 Å². The second kappa shape index (κ2) is 8.68. The van der Waals surface area contributed by atoms with Crippen molar-refractivity contribution in [2.45, 2.75) is 32.1 Å². The van der Waals surface area contributed by atoms with Gasteiger partial charge in [0.25, 0.3) is 0 Å². The Balaban J connectivity index is 2.23. The molecule has 132 valence electrons. The second-order valence-corrected chi connectivity index (χ2v) is 5.59. The molecule has 2 rings (SSSR count). The van der Waals surface area contributed by atoms with Crippen LogP contribution in [0.1, 0.15) is 37.7 Å². The Bertz CT molecular complexity index is 604. The van der Waals surface area contributed by atoms with Crippen molar-refractivity contribution in [1.29, 1.82) is 0 Å². The number of carbonyl (C=O) groups is 1. The number of hydrogen-bond acceptors (Lipinski definition) is 5. The standard InChI is InChI=1S/C16H22F2N4O2/c1-2-24-14(23)9-11(10-19)12-5-6-13(17)16(15(12)18)20-21-22-7-3-4-8-22/h5-6,11H,2-4,7-10,19H2,1H3. The summed E-state index contributed by atoms with van der Waals surface area (Å²) in [5.41, 5.74) is 5.33. The Labute approximate surface area is 139 Å². The normalized spacial score (nSPS) is 15.9. The van der Waals surface area contributed by atoms with Gasteiger partial charge in [0.15, 0.2) is 17.3 Å². The molecule has 1 heterocycles. The minimum Gasteiger partial charge on any atom is -0.466 e. The fraction of sp³-hybridized carbons (Fsp3) is 0.562. The zero-order valence-corrected chi connectivity index (χ0v) is 13.7. The van der Waals surface area contributed by atoms with Crippen molar-refractivity contribution in [2.75, 3.05) is 26.2 Å². The highest BCUT2D eigenvalue weighted by Gasteiger charge is 2.23. The summed E-state index contributed by atoms with van der Waals surface area (Å²) < 4.78 is 33.4. The smallest absolute Gasteiger partial charge is 0.306 e. The maximum atomic E-state index is 14.7. The van der Waals surface area contributed by atoms with E-state index >= 15 is 0 Å². The van der Waals surface area contributed by atoms with Crippen molar-refractivity contribution in [1.82, 2.24) is 5.01 Å². The number of esters is 1. The topological polar surface area (TPSA) is 80.3 Å². The fourth-order valence-corrected chi connectivity index (χ4v) is 2.60. The monoisotopic (exact) mass is 340 g/mol. The average Bonchev–Trinajstić information content (AvgIpc) is 3.07. The van der Waals surface area contributed by atoms with Gasteiger partial charge in [-0.25, -0.2) is 8.78 Å². The molecule has 24 heavy (non-hydrogen) atoms. The number of benzene rings is 1. The number of rotatable bonds is 7. The van der Waals surface area contributed by atoms with Gasteiger partial charge >= 0.3 is 5.97 Å². The molecule has 0 aromatic heterocycles. The highest BCUT2D eigenvalue weighted by Crippen LogP contribution is 2.31. The van der Waals surface area contributed by atoms with E-state index in [-0.39, 0.29) is 25.1 Å². The van der Waals surface area contributed by atoms with Crippen LogP contribution in [0.5, 0.6) is 0 Å². The van der Waals surface area contributed by atoms with Gasteiger partial charge in [-0.05, 0) is 37.9 Å². The van der Waals surface area contributed by atoms with Crippen LogP contribution >= 0.6 is 0 Å². The van der Waals surface area contributed by atoms with Crippen molar-refractivity contribution >= 4 is 11.7 Å². The summed E-state index contributed by atoms with van der Waals surface area (Å²) in [7, 11) is 0. The maximum Gasteiger partial charge on any atom is 0.306 e. The second-order valence-electron chi connectivity index (χ2n) is 5.59. The van der Waals surface area contributed by atoms with Gasteiger partial charge in [0.1, 0.15) is 0 Å². The van der Waals surface area contributed by atoms with E-state index in [0.717, 1.165) is 32.0 Å². The van der Waals surface area contributed by atoms with E-state index in [0.29, 0.717) is 0 Å². The maximum absolute atomic E-state index is 14.7. The summed E-state index contributed by atoms with van der Waals surface area (Å²) in [5.74, 6) is -2.72. The van der Waals surface area contributed by atoms with E-state index < -0.39 is 29.2 Å². The lowest BCUT2D eigenvalue weighted by molar-refractivity contribution is -0.143. The molecule has 1 saturated heterocycles. The van der Waals surface area contributed by atoms with Gasteiger partial charge < -0.3 is 10.5 Å². The first-order chi connectivity index (χ1) is 11.6. The summed E-state index contributed by atoms with van der Waals surface area (Å²) in [5, 5.41) is 9.28. The van der Waals surface area contributed by atoms with Gasteiger partial charge in [0.2, 0.25) is 0 Å². The average molecular weight is 340 g/mol. The first kappa shape index (κ1) is 18.3. The Kier molecular flexibility index (Phi) is 6.60. The zero-order valence-electron chi connectivity index (χ0n) is 13.7. The van der Waals surface area contributed by atoms with Crippen molar-refractivity contribution in [3.05, 3.63) is 29.3 Å². The SMILES string of the molecule is CCOC(=O)CC(CN)c1ccc(F)c(N=NN2CCCC2)c1F. The number of halogens is 2. The minimum absolute atomic E-state index is 0.0318. The molecule has 0 bridgehead atoms. The highest BCUT2D eigenvalue weighted by molar-refractivity contribution is 5.70. The lowest BCUT2D eigenvalue weighted by Gasteiger charge is -2.16. The van der Waals surface area contributed by atoms with Gasteiger partial charge in [0.05, 0.1) is 13.0 Å². The Morgan fingerprint density at radius 1 is 1.38 bits per heavy atom. The van der Waals surface area contributed by atoms with Gasteiger partial charge in [-0.15, -0.1) is 5.11 Å². The third kappa shape index (κ3) is 4.47. The van der Waals surface area contributed by atoms with Crippen LogP contribution in [0.15, 0.2) is 22.5 Å². The molecule has 1 aliphatic heterocycles. The van der Waals surface area contributed by atoms with E-state index in [9.17, 15) is 13.6 Å². The molecule has 0 radical (unpaired) electrons. The van der Waals surface area contributed by atoms with Crippen LogP contribution in [0.4, 0.5) is 14.5 Å². The largest absolute Gasteiger partial charge is 0.466 e. The Morgan fingerprint density at radius 2 is 2.08 bits per heavy atom. The van der Waals surface area contributed by atoms with E-state index in [1.807, 2.05) is 0 Å². The molecule has 1 unspecified atom stereocenters. The van der Waals surface area contributed by atoms with Crippen LogP contribution < -0.4 is 5.73 Å². The van der Waals surface area contributed by atoms with Gasteiger partial charge in [-0.1, -0.05) is 11.3 Å². The fourth-order valence-electron chi connectivity index (χ4n) is 2.60. The zero-order chi connectivity index (χ0) is 17.5. The molecule has 2 N–H and O–H groups in total. The third-order valence-corrected chi connectivity index (χ3v) is 3.89. The van der Waals surface area contributed by atoms with Crippen LogP contribution in [0.25, 0.3) is 0 Å². The molecule has 6 nitrogen and oxygen atoms in total. The number of ether oxygens (including phenoxy) is 1. The lowest BCUT2D eigenvalue weighted by atomic mass is 9.94. The molecule has 0 aliphatic carbocycles. The van der Waals surface area contributed by atoms with Gasteiger partial charge in [-0.2, -0.15) is 0 Å². The first-order valence-electron chi connectivity index (χ1n) is 8.07. The summed E-state index contributed by atoms with van der Waals surface area (Å²) in [4.78, 5) is 11.6. The van der Waals surface area contributed by atoms with Crippen LogP contribution in [-0.2, 0) is 9.53 Å². The van der Waals surface area contributed by atoms with Crippen molar-refractivity contribution in [3.63, 3.8) is 0 Å². The summed E-state index contributed by atoms with van der Waals surface area (Å²) in [6.07, 6.45) is 1.90. The summed E-state index contributed by atoms with van der Waals surface area (Å²) in [6.45, 7) is 3.40. The molecule has 8 heteroatoms. The van der Waals surface area contributed by atoms with Crippen molar-refractivity contribution in [2.24, 2.45) is 16.1 Å². The molecular formula is C16H22F2N4O2. The van der Waals surface area contributed by atoms with Crippen LogP contribution in [0.3, 0.4) is 0 Å². The summed E-state index contributed by atoms with van der Waals surface area (Å²) >= 11 is 0. The number of nitrogens with zero attached hydrogens (tertiary/aromatic N) is 3. The summed E-state index contributed by atoms with van der Waals surface area (Å²) in [6, 6.07) is 2.40. The number of nitrogens with two attached hydrogens (primary N) is 1. The predicted molar refractivity (Wildman–Crippen MR) is 84.7 cm³/mol. The molecule has 1 fully saturated rings. The number of hydrogen-bond donors (Lipinski definition) is 1. The van der Waals surface area contributed by atoms with Crippen LogP contribution in [0.2, 0.25) is 0 Å². The van der Waals surface area contributed by atoms with Crippen LogP contribution in [0, 0.1) is 11.6 Å². The molecular weight excluding hydrogens is 318 g/mol. The number of carbonyl (C=O) groups excluding carboxylic acids is 1. The van der Waals surface area contributed by atoms with Crippen molar-refractivity contribution in [3.8, 4) is 0 Å². The molecule has 1 aliphatic rings. The van der Waals surface area contributed by atoms with E-state index in [2.05, 4.69) is 10.3 Å². The van der Waals surface area contributed by atoms with E-state index in [4.69, 9.17) is 10.5 Å². The highest BCUT2D eigenvalue weighted by atomic mass is 19.1. The molecule has 0 amide bonds. The molecule has 0 spiro atoms. The Hall–Kier alpha value is -2.09. The van der Waals surface area contributed by atoms with Crippen LogP contribution in [-0.4, -0.2) is 37.2 Å². The van der Waals surface area contributed by atoms with Gasteiger partial charge in [0, 0.05) is 19.0 Å². The molecule has 0 saturated carbocycles. The van der Waals surface area contributed by atoms with E-state index in [1.54, 1.807) is 11.9 Å². The van der Waals surface area contributed by atoms with Crippen molar-refractivity contribution < 1.29 is 18.3 Å². The van der Waals surface area contributed by atoms with E-state index in [1.165, 1.54) is 6.07 Å². The molecule has 1 atom stereocenters. The molecule has 1 aromatic rings. The lowest BCUT2D eigenvalue weighted by Crippen LogP contribution is -2.19. The predicted octanol–water partition coefficient (Wildman–Crippen LogP) is 3.05. The minimum atomic E-state index is -0.835. The quantitative estimate of drug-likeness (QED) is 0.611. The Morgan fingerprint density at radius 3 is 2.71 bits per heavy atom.